The molecule has 7 rings (SSSR count). The molecule has 44 heavy (non-hydrogen) atoms. The van der Waals surface area contributed by atoms with Crippen LogP contribution in [0.25, 0.3) is 16.7 Å². The maximum Gasteiger partial charge on any atom is 0.0463 e. The highest BCUT2D eigenvalue weighted by molar-refractivity contribution is 5.80. The van der Waals surface area contributed by atoms with Gasteiger partial charge in [0.25, 0.3) is 0 Å². The molecule has 0 heterocycles. The van der Waals surface area contributed by atoms with Crippen LogP contribution in [0, 0.1) is 0 Å². The molecule has 0 unspecified atom stereocenters. The lowest BCUT2D eigenvalue weighted by molar-refractivity contribution is 0.930. The lowest BCUT2D eigenvalue weighted by Gasteiger charge is -2.31. The minimum atomic E-state index is 0.973. The molecule has 6 aromatic carbocycles. The number of nitrogens with zero attached hydrogens (tertiary/aromatic N) is 2. The van der Waals surface area contributed by atoms with Gasteiger partial charge < -0.3 is 9.80 Å². The van der Waals surface area contributed by atoms with Gasteiger partial charge in [-0.25, -0.2) is 0 Å². The summed E-state index contributed by atoms with van der Waals surface area (Å²) in [6.07, 6.45) is 6.56. The third-order valence-corrected chi connectivity index (χ3v) is 8.19. The predicted molar refractivity (Wildman–Crippen MR) is 187 cm³/mol. The summed E-state index contributed by atoms with van der Waals surface area (Å²) in [5, 5.41) is 0. The van der Waals surface area contributed by atoms with E-state index in [1.807, 2.05) is 0 Å². The molecule has 0 fully saturated rings. The Morgan fingerprint density at radius 1 is 0.295 bits per heavy atom. The van der Waals surface area contributed by atoms with Gasteiger partial charge in [0, 0.05) is 34.1 Å². The Kier molecular flexibility index (Phi) is 7.88. The molecule has 0 spiro atoms. The van der Waals surface area contributed by atoms with E-state index in [1.54, 1.807) is 0 Å². The van der Waals surface area contributed by atoms with Crippen LogP contribution in [0.5, 0.6) is 0 Å². The first-order valence-corrected chi connectivity index (χ1v) is 15.2. The van der Waals surface area contributed by atoms with Crippen LogP contribution >= 0.6 is 0 Å². The number of hydrogen-bond acceptors (Lipinski definition) is 2. The van der Waals surface area contributed by atoms with Gasteiger partial charge in [0.1, 0.15) is 0 Å². The second-order valence-electron chi connectivity index (χ2n) is 11.0. The van der Waals surface area contributed by atoms with Crippen molar-refractivity contribution in [1.82, 2.24) is 0 Å². The van der Waals surface area contributed by atoms with E-state index in [4.69, 9.17) is 0 Å². The van der Waals surface area contributed by atoms with Crippen LogP contribution in [0.15, 0.2) is 188 Å². The average Bonchev–Trinajstić information content (AvgIpc) is 3.11. The van der Waals surface area contributed by atoms with E-state index >= 15 is 0 Å². The summed E-state index contributed by atoms with van der Waals surface area (Å²) >= 11 is 0. The third kappa shape index (κ3) is 5.84. The van der Waals surface area contributed by atoms with Gasteiger partial charge in [-0.3, -0.25) is 0 Å². The second kappa shape index (κ2) is 12.7. The fraction of sp³-hybridized carbons (Fsp3) is 0.0476. The molecule has 2 heteroatoms. The summed E-state index contributed by atoms with van der Waals surface area (Å²) in [6, 6.07) is 60.3. The van der Waals surface area contributed by atoms with Crippen molar-refractivity contribution in [3.05, 3.63) is 193 Å². The van der Waals surface area contributed by atoms with E-state index in [1.165, 1.54) is 33.6 Å². The molecule has 0 atom stereocenters. The molecular weight excluding hydrogens is 532 g/mol. The van der Waals surface area contributed by atoms with Crippen LogP contribution in [0.3, 0.4) is 0 Å². The molecule has 212 valence electrons. The third-order valence-electron chi connectivity index (χ3n) is 8.19. The number of rotatable bonds is 8. The van der Waals surface area contributed by atoms with Gasteiger partial charge in [-0.15, -0.1) is 0 Å². The number of allylic oxidation sites excluding steroid dienone is 4. The van der Waals surface area contributed by atoms with Crippen LogP contribution in [-0.2, 0) is 0 Å². The highest BCUT2D eigenvalue weighted by Gasteiger charge is 2.19. The number of hydrogen-bond donors (Lipinski definition) is 0. The van der Waals surface area contributed by atoms with Gasteiger partial charge >= 0.3 is 0 Å². The van der Waals surface area contributed by atoms with Crippen molar-refractivity contribution in [1.29, 1.82) is 0 Å². The summed E-state index contributed by atoms with van der Waals surface area (Å²) in [4.78, 5) is 4.71. The lowest BCUT2D eigenvalue weighted by atomic mass is 9.95. The van der Waals surface area contributed by atoms with E-state index in [0.29, 0.717) is 0 Å². The molecule has 1 aliphatic carbocycles. The Morgan fingerprint density at radius 3 is 1.18 bits per heavy atom. The van der Waals surface area contributed by atoms with Crippen molar-refractivity contribution in [3.63, 3.8) is 0 Å². The zero-order chi connectivity index (χ0) is 29.6. The summed E-state index contributed by atoms with van der Waals surface area (Å²) in [5.74, 6) is 0. The minimum absolute atomic E-state index is 0.973. The first-order valence-electron chi connectivity index (χ1n) is 15.2. The molecule has 2 nitrogen and oxygen atoms in total. The van der Waals surface area contributed by atoms with E-state index in [2.05, 4.69) is 192 Å². The van der Waals surface area contributed by atoms with Crippen molar-refractivity contribution >= 4 is 34.0 Å². The standard InChI is InChI=1S/C42H34N2/c1-5-13-33(14-6-1)35-21-25-39(26-22-35)43(37-17-9-3-10-18-37)41-29-31-42(32-30-41)44(38-19-11-4-12-20-38)40-27-23-36(24-28-40)34-15-7-2-8-16-34/h1-23,25-27,29-32H,24,28H2. The van der Waals surface area contributed by atoms with Crippen molar-refractivity contribution in [3.8, 4) is 11.1 Å². The van der Waals surface area contributed by atoms with E-state index in [9.17, 15) is 0 Å². The zero-order valence-electron chi connectivity index (χ0n) is 24.6. The minimum Gasteiger partial charge on any atom is -0.314 e. The molecule has 0 N–H and O–H groups in total. The van der Waals surface area contributed by atoms with Gasteiger partial charge in [-0.1, -0.05) is 115 Å². The van der Waals surface area contributed by atoms with Gasteiger partial charge in [0.05, 0.1) is 0 Å². The Balaban J connectivity index is 1.24. The Hall–Kier alpha value is -5.60. The molecule has 0 amide bonds. The quantitative estimate of drug-likeness (QED) is 0.181. The van der Waals surface area contributed by atoms with Crippen molar-refractivity contribution in [2.45, 2.75) is 12.8 Å². The Morgan fingerprint density at radius 2 is 0.682 bits per heavy atom. The molecule has 0 aliphatic heterocycles. The van der Waals surface area contributed by atoms with Crippen molar-refractivity contribution < 1.29 is 0 Å². The van der Waals surface area contributed by atoms with Crippen LogP contribution in [0.1, 0.15) is 18.4 Å². The maximum atomic E-state index is 2.39. The SMILES string of the molecule is C1=C(c2ccccc2)CCC(N(c2ccccc2)c2ccc(N(c3ccccc3)c3ccc(-c4ccccc4)cc3)cc2)=C1. The summed E-state index contributed by atoms with van der Waals surface area (Å²) in [5.41, 5.74) is 12.1. The number of anilines is 5. The largest absolute Gasteiger partial charge is 0.314 e. The van der Waals surface area contributed by atoms with Crippen LogP contribution in [0.2, 0.25) is 0 Å². The highest BCUT2D eigenvalue weighted by Crippen LogP contribution is 2.39. The van der Waals surface area contributed by atoms with Gasteiger partial charge in [0.2, 0.25) is 0 Å². The lowest BCUT2D eigenvalue weighted by Crippen LogP contribution is -2.18. The summed E-state index contributed by atoms with van der Waals surface area (Å²) < 4.78 is 0. The first-order chi connectivity index (χ1) is 21.8. The van der Waals surface area contributed by atoms with E-state index < -0.39 is 0 Å². The van der Waals surface area contributed by atoms with Gasteiger partial charge in [-0.05, 0) is 102 Å². The van der Waals surface area contributed by atoms with E-state index in [-0.39, 0.29) is 0 Å². The molecule has 0 aromatic heterocycles. The molecular formula is C42H34N2. The normalized spacial score (nSPS) is 12.6. The van der Waals surface area contributed by atoms with Crippen molar-refractivity contribution in [2.75, 3.05) is 9.80 Å². The molecule has 0 radical (unpaired) electrons. The Labute approximate surface area is 260 Å². The summed E-state index contributed by atoms with van der Waals surface area (Å²) in [7, 11) is 0. The fourth-order valence-electron chi connectivity index (χ4n) is 5.97. The monoisotopic (exact) mass is 566 g/mol. The van der Waals surface area contributed by atoms with Gasteiger partial charge in [0.15, 0.2) is 0 Å². The topological polar surface area (TPSA) is 6.48 Å². The average molecular weight is 567 g/mol. The van der Waals surface area contributed by atoms with Gasteiger partial charge in [-0.2, -0.15) is 0 Å². The molecule has 0 saturated heterocycles. The van der Waals surface area contributed by atoms with Crippen LogP contribution < -0.4 is 9.80 Å². The smallest absolute Gasteiger partial charge is 0.0463 e. The predicted octanol–water partition coefficient (Wildman–Crippen LogP) is 11.7. The molecule has 1 aliphatic rings. The van der Waals surface area contributed by atoms with E-state index in [0.717, 1.165) is 35.6 Å². The highest BCUT2D eigenvalue weighted by atomic mass is 15.2. The number of para-hydroxylation sites is 2. The van der Waals surface area contributed by atoms with Crippen molar-refractivity contribution in [2.24, 2.45) is 0 Å². The zero-order valence-corrected chi connectivity index (χ0v) is 24.6. The molecule has 0 bridgehead atoms. The van der Waals surface area contributed by atoms with Crippen LogP contribution in [0.4, 0.5) is 28.4 Å². The summed E-state index contributed by atoms with van der Waals surface area (Å²) in [6.45, 7) is 0. The Bertz CT molecular complexity index is 1860. The fourth-order valence-corrected chi connectivity index (χ4v) is 5.97. The van der Waals surface area contributed by atoms with Crippen LogP contribution in [-0.4, -0.2) is 0 Å². The molecule has 6 aromatic rings. The second-order valence-corrected chi connectivity index (χ2v) is 11.0. The number of benzene rings is 6. The first kappa shape index (κ1) is 27.2. The maximum absolute atomic E-state index is 2.39. The molecule has 0 saturated carbocycles.